The van der Waals surface area contributed by atoms with Crippen molar-refractivity contribution in [1.82, 2.24) is 0 Å². The Morgan fingerprint density at radius 3 is 2.47 bits per heavy atom. The van der Waals surface area contributed by atoms with E-state index >= 15 is 0 Å². The molecule has 1 aromatic rings. The topological polar surface area (TPSA) is 74.6 Å². The molecule has 78 valence electrons. The largest absolute Gasteiger partial charge is 0.475 e. The van der Waals surface area contributed by atoms with Gasteiger partial charge in [-0.25, -0.2) is 4.79 Å². The molecule has 2 rings (SSSR count). The molecular formula is C11H10O4. The van der Waals surface area contributed by atoms with Crippen molar-refractivity contribution < 1.29 is 19.8 Å². The molecule has 0 spiro atoms. The molecule has 0 aliphatic heterocycles. The molecule has 0 amide bonds. The number of hydrogen-bond donors (Lipinski definition) is 2. The average Bonchev–Trinajstić information content (AvgIpc) is 2.97. The van der Waals surface area contributed by atoms with Crippen LogP contribution >= 0.6 is 0 Å². The van der Waals surface area contributed by atoms with Crippen LogP contribution < -0.4 is 0 Å². The van der Waals surface area contributed by atoms with Gasteiger partial charge in [0.15, 0.2) is 0 Å². The molecule has 4 heteroatoms. The molecule has 0 unspecified atom stereocenters. The van der Waals surface area contributed by atoms with E-state index < -0.39 is 17.4 Å². The molecule has 2 N–H and O–H groups in total. The smallest absolute Gasteiger partial charge is 0.377 e. The van der Waals surface area contributed by atoms with Crippen LogP contribution in [0.3, 0.4) is 0 Å². The van der Waals surface area contributed by atoms with Gasteiger partial charge in [0.25, 0.3) is 5.78 Å². The number of carbonyl (C=O) groups excluding carboxylic acids is 1. The second-order valence-corrected chi connectivity index (χ2v) is 3.75. The number of aliphatic hydroxyl groups is 1. The van der Waals surface area contributed by atoms with Crippen molar-refractivity contribution >= 4 is 11.8 Å². The van der Waals surface area contributed by atoms with E-state index in [2.05, 4.69) is 0 Å². The molecule has 1 aliphatic rings. The van der Waals surface area contributed by atoms with Crippen LogP contribution in [0, 0.1) is 0 Å². The van der Waals surface area contributed by atoms with Gasteiger partial charge in [0, 0.05) is 5.56 Å². The summed E-state index contributed by atoms with van der Waals surface area (Å²) in [6, 6.07) is 6.17. The highest BCUT2D eigenvalue weighted by molar-refractivity contribution is 6.39. The zero-order valence-electron chi connectivity index (χ0n) is 7.93. The Bertz CT molecular complexity index is 432. The lowest BCUT2D eigenvalue weighted by Crippen LogP contribution is -2.14. The van der Waals surface area contributed by atoms with Crippen LogP contribution in [0.2, 0.25) is 0 Å². The standard InChI is InChI=1S/C11H10O4/c12-9(10(13)14)7-2-1-3-8(6-7)11(15)4-5-11/h1-3,6,15H,4-5H2,(H,13,14). The third kappa shape index (κ3) is 1.76. The third-order valence-electron chi connectivity index (χ3n) is 2.58. The van der Waals surface area contributed by atoms with Crippen molar-refractivity contribution in [3.05, 3.63) is 35.4 Å². The van der Waals surface area contributed by atoms with Crippen LogP contribution in [0.5, 0.6) is 0 Å². The van der Waals surface area contributed by atoms with Crippen LogP contribution in [0.1, 0.15) is 28.8 Å². The molecule has 15 heavy (non-hydrogen) atoms. The maximum Gasteiger partial charge on any atom is 0.377 e. The van der Waals surface area contributed by atoms with Crippen LogP contribution in [0.25, 0.3) is 0 Å². The number of aliphatic carboxylic acids is 1. The van der Waals surface area contributed by atoms with E-state index in [4.69, 9.17) is 5.11 Å². The van der Waals surface area contributed by atoms with Crippen molar-refractivity contribution in [2.75, 3.05) is 0 Å². The van der Waals surface area contributed by atoms with Crippen LogP contribution in [0.15, 0.2) is 24.3 Å². The minimum absolute atomic E-state index is 0.111. The summed E-state index contributed by atoms with van der Waals surface area (Å²) in [5.41, 5.74) is -0.107. The number of carbonyl (C=O) groups is 2. The molecule has 0 saturated heterocycles. The number of Topliss-reactive ketones (excluding diaryl/α,β-unsaturated/α-hetero) is 1. The monoisotopic (exact) mass is 206 g/mol. The summed E-state index contributed by atoms with van der Waals surface area (Å²) >= 11 is 0. The zero-order valence-corrected chi connectivity index (χ0v) is 7.93. The van der Waals surface area contributed by atoms with Gasteiger partial charge in [0.05, 0.1) is 5.60 Å². The fourth-order valence-corrected chi connectivity index (χ4v) is 1.48. The molecule has 1 aliphatic carbocycles. The van der Waals surface area contributed by atoms with Gasteiger partial charge in [0.1, 0.15) is 0 Å². The van der Waals surface area contributed by atoms with E-state index in [1.807, 2.05) is 0 Å². The average molecular weight is 206 g/mol. The summed E-state index contributed by atoms with van der Waals surface area (Å²) in [6.45, 7) is 0. The molecule has 1 fully saturated rings. The normalized spacial score (nSPS) is 17.1. The first-order chi connectivity index (χ1) is 7.03. The Hall–Kier alpha value is -1.68. The first-order valence-electron chi connectivity index (χ1n) is 4.63. The molecule has 1 saturated carbocycles. The maximum absolute atomic E-state index is 11.2. The Morgan fingerprint density at radius 2 is 1.93 bits per heavy atom. The van der Waals surface area contributed by atoms with E-state index in [-0.39, 0.29) is 5.56 Å². The first-order valence-corrected chi connectivity index (χ1v) is 4.63. The lowest BCUT2D eigenvalue weighted by molar-refractivity contribution is -0.131. The van der Waals surface area contributed by atoms with Gasteiger partial charge in [-0.05, 0) is 24.5 Å². The van der Waals surface area contributed by atoms with E-state index in [0.29, 0.717) is 18.4 Å². The first kappa shape index (κ1) is 9.86. The van der Waals surface area contributed by atoms with E-state index in [1.54, 1.807) is 12.1 Å². The quantitative estimate of drug-likeness (QED) is 0.570. The second-order valence-electron chi connectivity index (χ2n) is 3.75. The lowest BCUT2D eigenvalue weighted by Gasteiger charge is -2.08. The predicted molar refractivity (Wildman–Crippen MR) is 51.5 cm³/mol. The summed E-state index contributed by atoms with van der Waals surface area (Å²) in [4.78, 5) is 21.6. The fourth-order valence-electron chi connectivity index (χ4n) is 1.48. The minimum Gasteiger partial charge on any atom is -0.475 e. The summed E-state index contributed by atoms with van der Waals surface area (Å²) in [5, 5.41) is 18.3. The van der Waals surface area contributed by atoms with Crippen molar-refractivity contribution in [2.24, 2.45) is 0 Å². The summed E-state index contributed by atoms with van der Waals surface area (Å²) < 4.78 is 0. The Labute approximate surface area is 86.2 Å². The lowest BCUT2D eigenvalue weighted by atomic mass is 10.0. The number of ketones is 1. The van der Waals surface area contributed by atoms with Crippen molar-refractivity contribution in [3.8, 4) is 0 Å². The van der Waals surface area contributed by atoms with Crippen LogP contribution in [-0.2, 0) is 10.4 Å². The van der Waals surface area contributed by atoms with E-state index in [0.717, 1.165) is 0 Å². The Morgan fingerprint density at radius 1 is 1.27 bits per heavy atom. The Balaban J connectivity index is 2.35. The highest BCUT2D eigenvalue weighted by atomic mass is 16.4. The fraction of sp³-hybridized carbons (Fsp3) is 0.273. The summed E-state index contributed by atoms with van der Waals surface area (Å²) in [5.74, 6) is -2.42. The molecule has 0 bridgehead atoms. The van der Waals surface area contributed by atoms with Gasteiger partial charge in [-0.1, -0.05) is 18.2 Å². The van der Waals surface area contributed by atoms with E-state index in [1.165, 1.54) is 12.1 Å². The number of carboxylic acids is 1. The number of carboxylic acid groups (broad SMARTS) is 1. The maximum atomic E-state index is 11.2. The highest BCUT2D eigenvalue weighted by Crippen LogP contribution is 2.45. The number of benzene rings is 1. The van der Waals surface area contributed by atoms with Gasteiger partial charge in [-0.3, -0.25) is 4.79 Å². The zero-order chi connectivity index (χ0) is 11.1. The van der Waals surface area contributed by atoms with Gasteiger partial charge in [-0.15, -0.1) is 0 Å². The molecule has 1 aromatic carbocycles. The number of hydrogen-bond acceptors (Lipinski definition) is 3. The molecule has 0 aromatic heterocycles. The van der Waals surface area contributed by atoms with Crippen molar-refractivity contribution in [3.63, 3.8) is 0 Å². The minimum atomic E-state index is -1.48. The predicted octanol–water partition coefficient (Wildman–Crippen LogP) is 0.935. The van der Waals surface area contributed by atoms with Gasteiger partial charge < -0.3 is 10.2 Å². The molecule has 4 nitrogen and oxygen atoms in total. The van der Waals surface area contributed by atoms with Gasteiger partial charge >= 0.3 is 5.97 Å². The second kappa shape index (κ2) is 3.17. The van der Waals surface area contributed by atoms with Gasteiger partial charge in [0.2, 0.25) is 0 Å². The van der Waals surface area contributed by atoms with E-state index in [9.17, 15) is 14.7 Å². The van der Waals surface area contributed by atoms with Crippen molar-refractivity contribution in [1.29, 1.82) is 0 Å². The molecule has 0 radical (unpaired) electrons. The van der Waals surface area contributed by atoms with Crippen molar-refractivity contribution in [2.45, 2.75) is 18.4 Å². The summed E-state index contributed by atoms with van der Waals surface area (Å²) in [6.07, 6.45) is 1.33. The molecule has 0 atom stereocenters. The van der Waals surface area contributed by atoms with Crippen LogP contribution in [-0.4, -0.2) is 22.0 Å². The molecule has 0 heterocycles. The summed E-state index contributed by atoms with van der Waals surface area (Å²) in [7, 11) is 0. The molecular weight excluding hydrogens is 196 g/mol. The highest BCUT2D eigenvalue weighted by Gasteiger charge is 2.42. The SMILES string of the molecule is O=C(O)C(=O)c1cccc(C2(O)CC2)c1. The third-order valence-corrected chi connectivity index (χ3v) is 2.58. The Kier molecular flexibility index (Phi) is 2.08. The van der Waals surface area contributed by atoms with Gasteiger partial charge in [-0.2, -0.15) is 0 Å². The number of rotatable bonds is 3. The van der Waals surface area contributed by atoms with Crippen LogP contribution in [0.4, 0.5) is 0 Å².